The highest BCUT2D eigenvalue weighted by atomic mass is 35.5. The standard InChI is InChI=1S/C19H20Cl2N4OS/c1-2-6-17-23-24-19(27)25(17)22-11-14-9-15(20)18(16(21)10-14)26-12-13-7-4-3-5-8-13/h3-5,7-10,22H,2,6,11-12H2,1H3,(H,24,27). The SMILES string of the molecule is CCCc1n[nH]c(=S)n1NCc1cc(Cl)c(OCc2ccccc2)c(Cl)c1. The molecular formula is C19H20Cl2N4OS. The zero-order valence-electron chi connectivity index (χ0n) is 14.8. The van der Waals surface area contributed by atoms with Crippen molar-refractivity contribution in [3.8, 4) is 5.75 Å². The Kier molecular flexibility index (Phi) is 6.77. The predicted octanol–water partition coefficient (Wildman–Crippen LogP) is 5.52. The van der Waals surface area contributed by atoms with Crippen LogP contribution in [0.5, 0.6) is 5.75 Å². The molecule has 0 aliphatic rings. The molecule has 3 rings (SSSR count). The average molecular weight is 423 g/mol. The highest BCUT2D eigenvalue weighted by Gasteiger charge is 2.11. The van der Waals surface area contributed by atoms with Gasteiger partial charge in [-0.3, -0.25) is 5.10 Å². The molecule has 0 saturated heterocycles. The van der Waals surface area contributed by atoms with E-state index in [2.05, 4.69) is 22.5 Å². The molecule has 0 radical (unpaired) electrons. The summed E-state index contributed by atoms with van der Waals surface area (Å²) in [7, 11) is 0. The summed E-state index contributed by atoms with van der Waals surface area (Å²) in [5.41, 5.74) is 5.22. The lowest BCUT2D eigenvalue weighted by atomic mass is 10.2. The fraction of sp³-hybridized carbons (Fsp3) is 0.263. The maximum absolute atomic E-state index is 6.39. The van der Waals surface area contributed by atoms with Gasteiger partial charge in [0.1, 0.15) is 6.61 Å². The molecule has 0 aliphatic heterocycles. The Morgan fingerprint density at radius 1 is 1.15 bits per heavy atom. The fourth-order valence-corrected chi connectivity index (χ4v) is 3.49. The van der Waals surface area contributed by atoms with Crippen LogP contribution in [0.15, 0.2) is 42.5 Å². The van der Waals surface area contributed by atoms with Crippen LogP contribution in [-0.2, 0) is 19.6 Å². The Morgan fingerprint density at radius 2 is 1.85 bits per heavy atom. The first-order valence-corrected chi connectivity index (χ1v) is 9.79. The minimum Gasteiger partial charge on any atom is -0.486 e. The number of rotatable bonds is 8. The van der Waals surface area contributed by atoms with Gasteiger partial charge in [0, 0.05) is 6.42 Å². The average Bonchev–Trinajstić information content (AvgIpc) is 3.00. The number of benzene rings is 2. The third-order valence-electron chi connectivity index (χ3n) is 3.94. The molecule has 0 bridgehead atoms. The third-order valence-corrected chi connectivity index (χ3v) is 4.78. The van der Waals surface area contributed by atoms with Crippen molar-refractivity contribution in [2.75, 3.05) is 5.43 Å². The lowest BCUT2D eigenvalue weighted by Crippen LogP contribution is -2.17. The second-order valence-corrected chi connectivity index (χ2v) is 7.23. The van der Waals surface area contributed by atoms with Gasteiger partial charge in [0.05, 0.1) is 16.6 Å². The van der Waals surface area contributed by atoms with Gasteiger partial charge in [0.25, 0.3) is 0 Å². The van der Waals surface area contributed by atoms with Crippen LogP contribution in [0.1, 0.15) is 30.3 Å². The van der Waals surface area contributed by atoms with Crippen LogP contribution < -0.4 is 10.2 Å². The molecule has 0 spiro atoms. The smallest absolute Gasteiger partial charge is 0.214 e. The van der Waals surface area contributed by atoms with Crippen molar-refractivity contribution < 1.29 is 4.74 Å². The van der Waals surface area contributed by atoms with Crippen molar-refractivity contribution in [3.05, 3.63) is 74.2 Å². The lowest BCUT2D eigenvalue weighted by molar-refractivity contribution is 0.306. The van der Waals surface area contributed by atoms with E-state index in [0.717, 1.165) is 29.8 Å². The van der Waals surface area contributed by atoms with Gasteiger partial charge in [-0.25, -0.2) is 4.68 Å². The van der Waals surface area contributed by atoms with Crippen molar-refractivity contribution in [2.45, 2.75) is 32.9 Å². The Hall–Kier alpha value is -2.02. The normalized spacial score (nSPS) is 10.8. The van der Waals surface area contributed by atoms with Gasteiger partial charge >= 0.3 is 0 Å². The van der Waals surface area contributed by atoms with Gasteiger partial charge in [-0.2, -0.15) is 5.10 Å². The first kappa shape index (κ1) is 19.7. The summed E-state index contributed by atoms with van der Waals surface area (Å²) in [5.74, 6) is 1.35. The van der Waals surface area contributed by atoms with Crippen LogP contribution in [0.2, 0.25) is 10.0 Å². The van der Waals surface area contributed by atoms with Gasteiger partial charge in [-0.1, -0.05) is 60.5 Å². The van der Waals surface area contributed by atoms with E-state index in [9.17, 15) is 0 Å². The maximum Gasteiger partial charge on any atom is 0.214 e. The molecule has 2 aromatic carbocycles. The molecule has 0 aliphatic carbocycles. The van der Waals surface area contributed by atoms with Crippen molar-refractivity contribution in [3.63, 3.8) is 0 Å². The van der Waals surface area contributed by atoms with E-state index in [1.807, 2.05) is 42.5 Å². The van der Waals surface area contributed by atoms with Crippen LogP contribution in [-0.4, -0.2) is 14.9 Å². The first-order chi connectivity index (χ1) is 13.1. The monoisotopic (exact) mass is 422 g/mol. The van der Waals surface area contributed by atoms with E-state index in [1.165, 1.54) is 0 Å². The number of aryl methyl sites for hydroxylation is 1. The Bertz CT molecular complexity index is 933. The second kappa shape index (κ2) is 9.26. The molecule has 0 amide bonds. The summed E-state index contributed by atoms with van der Waals surface area (Å²) in [6.45, 7) is 3.00. The third kappa shape index (κ3) is 5.03. The highest BCUT2D eigenvalue weighted by Crippen LogP contribution is 2.34. The van der Waals surface area contributed by atoms with E-state index < -0.39 is 0 Å². The zero-order chi connectivity index (χ0) is 19.2. The molecule has 0 fully saturated rings. The second-order valence-electron chi connectivity index (χ2n) is 6.03. The van der Waals surface area contributed by atoms with Crippen LogP contribution in [0.25, 0.3) is 0 Å². The molecule has 1 aromatic heterocycles. The summed E-state index contributed by atoms with van der Waals surface area (Å²) in [5, 5.41) is 7.98. The quantitative estimate of drug-likeness (QED) is 0.469. The molecule has 2 N–H and O–H groups in total. The summed E-state index contributed by atoms with van der Waals surface area (Å²) in [4.78, 5) is 0. The van der Waals surface area contributed by atoms with Crippen molar-refractivity contribution in [2.24, 2.45) is 0 Å². The van der Waals surface area contributed by atoms with Gasteiger partial charge in [-0.15, -0.1) is 0 Å². The number of H-pyrrole nitrogens is 1. The number of nitrogens with zero attached hydrogens (tertiary/aromatic N) is 2. The van der Waals surface area contributed by atoms with E-state index in [-0.39, 0.29) is 0 Å². The van der Waals surface area contributed by atoms with E-state index >= 15 is 0 Å². The molecule has 3 aromatic rings. The molecule has 142 valence electrons. The molecule has 5 nitrogen and oxygen atoms in total. The summed E-state index contributed by atoms with van der Waals surface area (Å²) in [6, 6.07) is 13.5. The minimum absolute atomic E-state index is 0.405. The summed E-state index contributed by atoms with van der Waals surface area (Å²) < 4.78 is 8.11. The molecule has 0 atom stereocenters. The molecule has 0 unspecified atom stereocenters. The van der Waals surface area contributed by atoms with Crippen molar-refractivity contribution in [1.82, 2.24) is 14.9 Å². The predicted molar refractivity (Wildman–Crippen MR) is 112 cm³/mol. The van der Waals surface area contributed by atoms with E-state index in [1.54, 1.807) is 4.68 Å². The fourth-order valence-electron chi connectivity index (χ4n) is 2.64. The Balaban J connectivity index is 1.69. The Morgan fingerprint density at radius 3 is 2.52 bits per heavy atom. The number of ether oxygens (including phenoxy) is 1. The van der Waals surface area contributed by atoms with Crippen LogP contribution >= 0.6 is 35.4 Å². The van der Waals surface area contributed by atoms with Gasteiger partial charge in [0.15, 0.2) is 11.6 Å². The topological polar surface area (TPSA) is 54.9 Å². The minimum atomic E-state index is 0.405. The first-order valence-electron chi connectivity index (χ1n) is 8.63. The zero-order valence-corrected chi connectivity index (χ0v) is 17.2. The molecule has 8 heteroatoms. The number of halogens is 2. The molecule has 1 heterocycles. The number of aromatic amines is 1. The number of aromatic nitrogens is 3. The van der Waals surface area contributed by atoms with Crippen molar-refractivity contribution >= 4 is 35.4 Å². The highest BCUT2D eigenvalue weighted by molar-refractivity contribution is 7.71. The summed E-state index contributed by atoms with van der Waals surface area (Å²) >= 11 is 18.0. The largest absolute Gasteiger partial charge is 0.486 e. The lowest BCUT2D eigenvalue weighted by Gasteiger charge is -2.14. The van der Waals surface area contributed by atoms with Crippen molar-refractivity contribution in [1.29, 1.82) is 0 Å². The van der Waals surface area contributed by atoms with E-state index in [0.29, 0.717) is 33.7 Å². The van der Waals surface area contributed by atoms with Gasteiger partial charge in [-0.05, 0) is 41.9 Å². The number of hydrogen-bond donors (Lipinski definition) is 2. The molecule has 27 heavy (non-hydrogen) atoms. The van der Waals surface area contributed by atoms with Crippen LogP contribution in [0, 0.1) is 4.77 Å². The molecular weight excluding hydrogens is 403 g/mol. The maximum atomic E-state index is 6.39. The van der Waals surface area contributed by atoms with Gasteiger partial charge < -0.3 is 10.2 Å². The number of hydrogen-bond acceptors (Lipinski definition) is 4. The van der Waals surface area contributed by atoms with Crippen LogP contribution in [0.3, 0.4) is 0 Å². The Labute approximate surface area is 173 Å². The number of nitrogens with one attached hydrogen (secondary N) is 2. The van der Waals surface area contributed by atoms with Crippen LogP contribution in [0.4, 0.5) is 0 Å². The van der Waals surface area contributed by atoms with Gasteiger partial charge in [0.2, 0.25) is 4.77 Å². The molecule has 0 saturated carbocycles. The summed E-state index contributed by atoms with van der Waals surface area (Å²) in [6.07, 6.45) is 1.81. The van der Waals surface area contributed by atoms with E-state index in [4.69, 9.17) is 40.2 Å².